The van der Waals surface area contributed by atoms with Crippen LogP contribution >= 0.6 is 0 Å². The van der Waals surface area contributed by atoms with Crippen LogP contribution in [0.25, 0.3) is 22.6 Å². The van der Waals surface area contributed by atoms with Crippen molar-refractivity contribution in [2.24, 2.45) is 0 Å². The molecule has 0 fully saturated rings. The van der Waals surface area contributed by atoms with Gasteiger partial charge in [-0.2, -0.15) is 0 Å². The van der Waals surface area contributed by atoms with Crippen molar-refractivity contribution in [2.75, 3.05) is 5.73 Å². The molecule has 0 bridgehead atoms. The quantitative estimate of drug-likeness (QED) is 0.0455. The van der Waals surface area contributed by atoms with Crippen molar-refractivity contribution >= 4 is 55.1 Å². The first-order chi connectivity index (χ1) is 26.0. The van der Waals surface area contributed by atoms with Crippen LogP contribution in [0.15, 0.2) is 52.9 Å². The molecule has 10 nitrogen and oxygen atoms in total. The van der Waals surface area contributed by atoms with Crippen molar-refractivity contribution in [3.8, 4) is 23.0 Å². The van der Waals surface area contributed by atoms with Gasteiger partial charge in [-0.15, -0.1) is 0 Å². The number of aryl methyl sites for hydroxylation is 2. The van der Waals surface area contributed by atoms with Gasteiger partial charge in [-0.3, -0.25) is 10.1 Å². The lowest BCUT2D eigenvalue weighted by atomic mass is 9.95. The molecule has 5 aromatic carbocycles. The Bertz CT molecular complexity index is 2260. The number of oxazole rings is 1. The Balaban J connectivity index is 0.000000208. The first-order valence-corrected chi connectivity index (χ1v) is 17.8. The molecule has 1 heterocycles. The van der Waals surface area contributed by atoms with E-state index in [4.69, 9.17) is 30.9 Å². The average molecular weight is 754 g/mol. The maximum atomic E-state index is 10.7. The third kappa shape index (κ3) is 9.42. The molecule has 0 aliphatic rings. The van der Waals surface area contributed by atoms with Crippen molar-refractivity contribution in [3.63, 3.8) is 0 Å². The first-order valence-electron chi connectivity index (χ1n) is 17.8. The summed E-state index contributed by atoms with van der Waals surface area (Å²) in [7, 11) is 11.1. The molecular formula is C44H49B2N3O7. The molecule has 0 aliphatic carbocycles. The number of phenolic OH excluding ortho intramolecular Hbond substituents is 2. The number of anilines is 1. The number of carboxylic acid groups (broad SMARTS) is 1. The Morgan fingerprint density at radius 1 is 0.625 bits per heavy atom. The van der Waals surface area contributed by atoms with E-state index < -0.39 is 10.9 Å². The van der Waals surface area contributed by atoms with Gasteiger partial charge in [0, 0.05) is 16.7 Å². The first kappa shape index (κ1) is 44.4. The van der Waals surface area contributed by atoms with E-state index in [1.807, 2.05) is 65.8 Å². The standard InChI is InChI=1S/C17H16BNO.C10H13NO3.C10H15NO.C7H5BO2/c1-9-10(2)12(4)16-15(11(9)3)19-17(20-16)13-5-7-14(18)8-6-13;1-5-6(2)8(4)10(12)9(7(5)3)11(13)14;1-5-6(2)8(4)10(12)9(11)7(5)3;8-6-3-1-5(2-4-6)7(9)10/h5-8H,1-4H3;12H,1-4H3;12H,11H2,1-4H3;1-4H,(H,9,10). The summed E-state index contributed by atoms with van der Waals surface area (Å²) in [6.07, 6.45) is 0. The number of nitro benzene ring substituents is 1. The number of aromatic hydroxyl groups is 2. The number of nitrogens with zero attached hydrogens (tertiary/aromatic N) is 2. The van der Waals surface area contributed by atoms with Crippen molar-refractivity contribution < 1.29 is 29.5 Å². The van der Waals surface area contributed by atoms with E-state index in [9.17, 15) is 25.1 Å². The number of carbonyl (C=O) groups is 1. The van der Waals surface area contributed by atoms with Crippen LogP contribution in [0.2, 0.25) is 0 Å². The van der Waals surface area contributed by atoms with Gasteiger partial charge in [0.05, 0.1) is 16.2 Å². The molecule has 288 valence electrons. The number of benzene rings is 5. The lowest BCUT2D eigenvalue weighted by molar-refractivity contribution is -0.386. The second-order valence-corrected chi connectivity index (χ2v) is 14.0. The van der Waals surface area contributed by atoms with Gasteiger partial charge >= 0.3 is 11.7 Å². The predicted octanol–water partition coefficient (Wildman–Crippen LogP) is 8.44. The normalized spacial score (nSPS) is 10.4. The Kier molecular flexibility index (Phi) is 14.3. The van der Waals surface area contributed by atoms with Crippen LogP contribution in [-0.4, -0.2) is 46.9 Å². The highest BCUT2D eigenvalue weighted by Gasteiger charge is 2.23. The Morgan fingerprint density at radius 2 is 1.04 bits per heavy atom. The number of nitrogen functional groups attached to an aromatic ring is 1. The van der Waals surface area contributed by atoms with Crippen LogP contribution < -0.4 is 16.7 Å². The zero-order valence-electron chi connectivity index (χ0n) is 34.2. The summed E-state index contributed by atoms with van der Waals surface area (Å²) in [4.78, 5) is 25.1. The molecule has 0 saturated heterocycles. The van der Waals surface area contributed by atoms with Crippen molar-refractivity contribution in [3.05, 3.63) is 131 Å². The third-order valence-corrected chi connectivity index (χ3v) is 10.8. The minimum absolute atomic E-state index is 0.175. The van der Waals surface area contributed by atoms with E-state index in [0.29, 0.717) is 28.2 Å². The van der Waals surface area contributed by atoms with Crippen LogP contribution in [0.5, 0.6) is 11.5 Å². The summed E-state index contributed by atoms with van der Waals surface area (Å²) in [6, 6.07) is 13.7. The Labute approximate surface area is 331 Å². The summed E-state index contributed by atoms with van der Waals surface area (Å²) in [6.45, 7) is 23.3. The fourth-order valence-corrected chi connectivity index (χ4v) is 5.93. The van der Waals surface area contributed by atoms with E-state index in [1.165, 1.54) is 34.4 Å². The molecule has 0 amide bonds. The molecule has 1 aromatic heterocycles. The van der Waals surface area contributed by atoms with E-state index in [1.54, 1.807) is 26.0 Å². The van der Waals surface area contributed by atoms with Gasteiger partial charge in [-0.1, -0.05) is 47.3 Å². The molecule has 0 saturated carbocycles. The van der Waals surface area contributed by atoms with Gasteiger partial charge in [0.15, 0.2) is 11.3 Å². The van der Waals surface area contributed by atoms with Crippen molar-refractivity contribution in [1.82, 2.24) is 4.98 Å². The molecule has 0 unspecified atom stereocenters. The van der Waals surface area contributed by atoms with Crippen LogP contribution in [0.4, 0.5) is 11.4 Å². The summed E-state index contributed by atoms with van der Waals surface area (Å²) in [5.41, 5.74) is 22.4. The largest absolute Gasteiger partial charge is 0.505 e. The molecule has 0 aliphatic heterocycles. The molecule has 6 rings (SSSR count). The van der Waals surface area contributed by atoms with Gasteiger partial charge in [0.2, 0.25) is 5.89 Å². The second kappa shape index (κ2) is 18.1. The fraction of sp³-hybridized carbons (Fsp3) is 0.273. The molecule has 6 aromatic rings. The predicted molar refractivity (Wildman–Crippen MR) is 228 cm³/mol. The Morgan fingerprint density at radius 3 is 1.52 bits per heavy atom. The number of fused-ring (bicyclic) bond motifs is 1. The van der Waals surface area contributed by atoms with Gasteiger partial charge in [0.25, 0.3) is 0 Å². The number of nitro groups is 1. The highest BCUT2D eigenvalue weighted by atomic mass is 16.6. The zero-order chi connectivity index (χ0) is 42.5. The number of hydrogen-bond donors (Lipinski definition) is 4. The minimum Gasteiger partial charge on any atom is -0.505 e. The van der Waals surface area contributed by atoms with Crippen LogP contribution in [0, 0.1) is 93.2 Å². The zero-order valence-corrected chi connectivity index (χ0v) is 34.2. The summed E-state index contributed by atoms with van der Waals surface area (Å²) in [5.74, 6) is -0.262. The van der Waals surface area contributed by atoms with Gasteiger partial charge in [-0.05, 0) is 151 Å². The topological polar surface area (TPSA) is 173 Å². The summed E-state index contributed by atoms with van der Waals surface area (Å²) in [5, 5.41) is 38.3. The molecule has 12 heteroatoms. The molecule has 5 N–H and O–H groups in total. The Hall–Kier alpha value is -6.03. The molecular weight excluding hydrogens is 704 g/mol. The van der Waals surface area contributed by atoms with Gasteiger partial charge in [0.1, 0.15) is 27.0 Å². The van der Waals surface area contributed by atoms with Crippen LogP contribution in [0.3, 0.4) is 0 Å². The number of aromatic carboxylic acids is 1. The number of carboxylic acids is 1. The lowest BCUT2D eigenvalue weighted by Crippen LogP contribution is -2.03. The van der Waals surface area contributed by atoms with E-state index in [-0.39, 0.29) is 22.7 Å². The lowest BCUT2D eigenvalue weighted by Gasteiger charge is -2.13. The SMILES string of the molecule is Cc1c(C)c(C)c(O)c(N)c1C.Cc1c(C)c(C)c([N+](=O)[O-])c(O)c1C.[B]c1ccc(-c2nc3c(C)c(C)c(C)c(C)c3o2)cc1.[B]c1ccc(C(=O)O)cc1. The van der Waals surface area contributed by atoms with Crippen molar-refractivity contribution in [2.45, 2.75) is 83.1 Å². The van der Waals surface area contributed by atoms with Crippen LogP contribution in [-0.2, 0) is 0 Å². The second-order valence-electron chi connectivity index (χ2n) is 14.0. The summed E-state index contributed by atoms with van der Waals surface area (Å²) >= 11 is 0. The number of hydrogen-bond acceptors (Lipinski definition) is 8. The third-order valence-electron chi connectivity index (χ3n) is 10.8. The van der Waals surface area contributed by atoms with Gasteiger partial charge in [-0.25, -0.2) is 9.78 Å². The highest BCUT2D eigenvalue weighted by molar-refractivity contribution is 6.32. The number of rotatable bonds is 3. The average Bonchev–Trinajstić information content (AvgIpc) is 3.62. The van der Waals surface area contributed by atoms with Crippen molar-refractivity contribution in [1.29, 1.82) is 0 Å². The van der Waals surface area contributed by atoms with E-state index in [0.717, 1.165) is 55.5 Å². The summed E-state index contributed by atoms with van der Waals surface area (Å²) < 4.78 is 5.99. The van der Waals surface area contributed by atoms with Crippen LogP contribution in [0.1, 0.15) is 77.1 Å². The number of aromatic nitrogens is 1. The molecule has 4 radical (unpaired) electrons. The number of phenols is 2. The number of nitrogens with two attached hydrogens (primary N) is 1. The smallest absolute Gasteiger partial charge is 0.335 e. The van der Waals surface area contributed by atoms with Gasteiger partial charge < -0.3 is 25.5 Å². The maximum Gasteiger partial charge on any atom is 0.335 e. The molecule has 56 heavy (non-hydrogen) atoms. The fourth-order valence-electron chi connectivity index (χ4n) is 5.93. The van der Waals surface area contributed by atoms with E-state index in [2.05, 4.69) is 32.7 Å². The molecule has 0 atom stereocenters. The maximum absolute atomic E-state index is 10.7. The monoisotopic (exact) mass is 753 g/mol. The highest BCUT2D eigenvalue weighted by Crippen LogP contribution is 2.38. The molecule has 0 spiro atoms. The van der Waals surface area contributed by atoms with E-state index >= 15 is 0 Å². The minimum atomic E-state index is -0.931.